The largest absolute Gasteiger partial charge is 0.507 e. The van der Waals surface area contributed by atoms with Crippen molar-refractivity contribution in [1.29, 1.82) is 0 Å². The van der Waals surface area contributed by atoms with Crippen LogP contribution in [0, 0.1) is 0 Å². The molecule has 0 aliphatic heterocycles. The van der Waals surface area contributed by atoms with Crippen LogP contribution in [0.15, 0.2) is 36.4 Å². The molecule has 0 saturated heterocycles. The highest BCUT2D eigenvalue weighted by Crippen LogP contribution is 2.35. The smallest absolute Gasteiger partial charge is 0.126 e. The van der Waals surface area contributed by atoms with Gasteiger partial charge in [-0.15, -0.1) is 0 Å². The number of hydrogen-bond donors (Lipinski definition) is 9. The Morgan fingerprint density at radius 2 is 0.667 bits per heavy atom. The van der Waals surface area contributed by atoms with Crippen LogP contribution in [0.5, 0.6) is 17.2 Å². The van der Waals surface area contributed by atoms with Gasteiger partial charge in [0.05, 0.1) is 39.6 Å². The van der Waals surface area contributed by atoms with E-state index in [1.54, 1.807) is 36.4 Å². The van der Waals surface area contributed by atoms with E-state index < -0.39 is 39.6 Å². The third kappa shape index (κ3) is 5.79. The van der Waals surface area contributed by atoms with E-state index >= 15 is 0 Å². The standard InChI is InChI=1S/C27H32O9/c28-9-19-3-15(4-20(10-29)25(19)34)1-17(18-7-23(13-32)27(36)24(8-18)14-33)2-16-5-21(11-30)26(35)22(6-16)12-31/h3-8,17,28-36H,1-2,9-14H2. The van der Waals surface area contributed by atoms with Crippen LogP contribution in [0.4, 0.5) is 0 Å². The molecule has 9 nitrogen and oxygen atoms in total. The van der Waals surface area contributed by atoms with Gasteiger partial charge in [-0.1, -0.05) is 0 Å². The van der Waals surface area contributed by atoms with E-state index in [-0.39, 0.29) is 56.5 Å². The predicted molar refractivity (Wildman–Crippen MR) is 130 cm³/mol. The summed E-state index contributed by atoms with van der Waals surface area (Å²) >= 11 is 0. The summed E-state index contributed by atoms with van der Waals surface area (Å²) in [4.78, 5) is 0. The highest BCUT2D eigenvalue weighted by atomic mass is 16.3. The number of aliphatic hydroxyl groups excluding tert-OH is 6. The van der Waals surface area contributed by atoms with Crippen molar-refractivity contribution in [2.75, 3.05) is 0 Å². The fourth-order valence-corrected chi connectivity index (χ4v) is 4.52. The zero-order valence-corrected chi connectivity index (χ0v) is 19.7. The molecule has 3 rings (SSSR count). The van der Waals surface area contributed by atoms with E-state index in [0.717, 1.165) is 0 Å². The topological polar surface area (TPSA) is 182 Å². The SMILES string of the molecule is OCc1cc(CC(Cc2cc(CO)c(O)c(CO)c2)c2cc(CO)c(O)c(CO)c2)cc(CO)c1O. The lowest BCUT2D eigenvalue weighted by Gasteiger charge is -2.22. The first-order valence-electron chi connectivity index (χ1n) is 11.5. The van der Waals surface area contributed by atoms with Crippen molar-refractivity contribution in [3.63, 3.8) is 0 Å². The van der Waals surface area contributed by atoms with Gasteiger partial charge in [-0.2, -0.15) is 0 Å². The molecule has 3 aromatic carbocycles. The number of hydrogen-bond acceptors (Lipinski definition) is 9. The summed E-state index contributed by atoms with van der Waals surface area (Å²) in [5.41, 5.74) is 3.54. The molecular formula is C27H32O9. The Balaban J connectivity index is 2.14. The fraction of sp³-hybridized carbons (Fsp3) is 0.333. The van der Waals surface area contributed by atoms with Gasteiger partial charge in [-0.3, -0.25) is 0 Å². The predicted octanol–water partition coefficient (Wildman–Crippen LogP) is 1.33. The number of aliphatic hydroxyl groups is 6. The molecule has 0 aliphatic rings. The Morgan fingerprint density at radius 1 is 0.417 bits per heavy atom. The van der Waals surface area contributed by atoms with Gasteiger partial charge in [0.15, 0.2) is 0 Å². The highest BCUT2D eigenvalue weighted by Gasteiger charge is 2.21. The van der Waals surface area contributed by atoms with Crippen molar-refractivity contribution < 1.29 is 46.0 Å². The Labute approximate surface area is 208 Å². The van der Waals surface area contributed by atoms with Crippen molar-refractivity contribution in [2.24, 2.45) is 0 Å². The molecule has 0 radical (unpaired) electrons. The molecule has 9 N–H and O–H groups in total. The van der Waals surface area contributed by atoms with Crippen LogP contribution in [0.1, 0.15) is 56.0 Å². The second kappa shape index (κ2) is 12.2. The van der Waals surface area contributed by atoms with Crippen LogP contribution in [0.3, 0.4) is 0 Å². The van der Waals surface area contributed by atoms with Crippen molar-refractivity contribution in [3.05, 3.63) is 86.5 Å². The van der Waals surface area contributed by atoms with Gasteiger partial charge in [0, 0.05) is 33.4 Å². The highest BCUT2D eigenvalue weighted by molar-refractivity contribution is 5.48. The number of aromatic hydroxyl groups is 3. The summed E-state index contributed by atoms with van der Waals surface area (Å²) in [6, 6.07) is 9.74. The number of phenols is 3. The first-order chi connectivity index (χ1) is 17.3. The van der Waals surface area contributed by atoms with Gasteiger partial charge in [-0.05, 0) is 71.8 Å². The minimum atomic E-state index is -0.454. The fourth-order valence-electron chi connectivity index (χ4n) is 4.52. The van der Waals surface area contributed by atoms with Gasteiger partial charge < -0.3 is 46.0 Å². The summed E-state index contributed by atoms with van der Waals surface area (Å²) < 4.78 is 0. The molecule has 0 heterocycles. The Bertz CT molecular complexity index is 1070. The molecule has 194 valence electrons. The zero-order valence-electron chi connectivity index (χ0n) is 19.7. The Hall–Kier alpha value is -3.18. The van der Waals surface area contributed by atoms with E-state index in [1.165, 1.54) is 0 Å². The molecular weight excluding hydrogens is 468 g/mol. The lowest BCUT2D eigenvalue weighted by atomic mass is 9.83. The minimum Gasteiger partial charge on any atom is -0.507 e. The molecule has 0 amide bonds. The van der Waals surface area contributed by atoms with E-state index in [2.05, 4.69) is 0 Å². The van der Waals surface area contributed by atoms with Crippen molar-refractivity contribution >= 4 is 0 Å². The molecule has 0 unspecified atom stereocenters. The molecule has 0 saturated carbocycles. The molecule has 3 aromatic rings. The van der Waals surface area contributed by atoms with Crippen molar-refractivity contribution in [2.45, 2.75) is 58.4 Å². The van der Waals surface area contributed by atoms with Gasteiger partial charge in [-0.25, -0.2) is 0 Å². The van der Waals surface area contributed by atoms with Crippen LogP contribution in [-0.4, -0.2) is 46.0 Å². The summed E-state index contributed by atoms with van der Waals surface area (Å²) in [6.45, 7) is -2.64. The second-order valence-corrected chi connectivity index (χ2v) is 8.77. The monoisotopic (exact) mass is 500 g/mol. The number of benzene rings is 3. The average molecular weight is 501 g/mol. The Kier molecular flexibility index (Phi) is 9.27. The molecule has 0 atom stereocenters. The minimum absolute atomic E-state index is 0.186. The van der Waals surface area contributed by atoms with Gasteiger partial charge in [0.1, 0.15) is 17.2 Å². The third-order valence-corrected chi connectivity index (χ3v) is 6.40. The molecule has 0 aromatic heterocycles. The average Bonchev–Trinajstić information content (AvgIpc) is 2.89. The molecule has 36 heavy (non-hydrogen) atoms. The van der Waals surface area contributed by atoms with Crippen LogP contribution in [0.2, 0.25) is 0 Å². The first-order valence-corrected chi connectivity index (χ1v) is 11.5. The van der Waals surface area contributed by atoms with E-state index in [1.807, 2.05) is 0 Å². The molecule has 0 aliphatic carbocycles. The molecule has 9 heteroatoms. The van der Waals surface area contributed by atoms with E-state index in [9.17, 15) is 46.0 Å². The van der Waals surface area contributed by atoms with Crippen LogP contribution in [0.25, 0.3) is 0 Å². The maximum Gasteiger partial charge on any atom is 0.126 e. The number of rotatable bonds is 11. The van der Waals surface area contributed by atoms with E-state index in [0.29, 0.717) is 29.5 Å². The molecule has 0 spiro atoms. The zero-order chi connectivity index (χ0) is 26.4. The molecule has 0 fully saturated rings. The third-order valence-electron chi connectivity index (χ3n) is 6.40. The lowest BCUT2D eigenvalue weighted by Crippen LogP contribution is -2.10. The van der Waals surface area contributed by atoms with Crippen LogP contribution >= 0.6 is 0 Å². The lowest BCUT2D eigenvalue weighted by molar-refractivity contribution is 0.262. The van der Waals surface area contributed by atoms with Gasteiger partial charge in [0.25, 0.3) is 0 Å². The first kappa shape index (κ1) is 27.4. The van der Waals surface area contributed by atoms with E-state index in [4.69, 9.17) is 0 Å². The molecule has 0 bridgehead atoms. The summed E-state index contributed by atoms with van der Waals surface area (Å²) in [6.07, 6.45) is 0.676. The maximum absolute atomic E-state index is 10.3. The summed E-state index contributed by atoms with van der Waals surface area (Å²) in [7, 11) is 0. The maximum atomic E-state index is 10.3. The van der Waals surface area contributed by atoms with Gasteiger partial charge in [0.2, 0.25) is 0 Å². The normalized spacial score (nSPS) is 11.4. The second-order valence-electron chi connectivity index (χ2n) is 8.77. The van der Waals surface area contributed by atoms with Crippen LogP contribution in [-0.2, 0) is 52.5 Å². The van der Waals surface area contributed by atoms with Crippen molar-refractivity contribution in [3.8, 4) is 17.2 Å². The quantitative estimate of drug-likeness (QED) is 0.187. The van der Waals surface area contributed by atoms with Crippen LogP contribution < -0.4 is 0 Å². The van der Waals surface area contributed by atoms with Crippen molar-refractivity contribution in [1.82, 2.24) is 0 Å². The summed E-state index contributed by atoms with van der Waals surface area (Å²) in [5.74, 6) is -0.916. The van der Waals surface area contributed by atoms with Gasteiger partial charge >= 0.3 is 0 Å². The Morgan fingerprint density at radius 3 is 0.917 bits per heavy atom. The summed E-state index contributed by atoms with van der Waals surface area (Å²) in [5, 5.41) is 88.9.